The zero-order valence-corrected chi connectivity index (χ0v) is 16.4. The molecule has 0 saturated heterocycles. The van der Waals surface area contributed by atoms with Crippen molar-refractivity contribution in [2.24, 2.45) is 0 Å². The second kappa shape index (κ2) is 9.71. The molecular formula is C20H18ClF2N3OS. The van der Waals surface area contributed by atoms with E-state index in [0.717, 1.165) is 20.8 Å². The average molecular weight is 422 g/mol. The fraction of sp³-hybridized carbons (Fsp3) is 0.200. The van der Waals surface area contributed by atoms with E-state index in [1.54, 1.807) is 23.9 Å². The Morgan fingerprint density at radius 3 is 2.54 bits per heavy atom. The van der Waals surface area contributed by atoms with Crippen LogP contribution in [0.1, 0.15) is 28.3 Å². The number of carbonyl (C=O) groups is 1. The Balaban J connectivity index is 1.48. The molecule has 0 fully saturated rings. The van der Waals surface area contributed by atoms with Crippen molar-refractivity contribution in [3.8, 4) is 0 Å². The third-order valence-corrected chi connectivity index (χ3v) is 5.36. The van der Waals surface area contributed by atoms with Gasteiger partial charge in [0, 0.05) is 46.6 Å². The molecular weight excluding hydrogens is 404 g/mol. The monoisotopic (exact) mass is 421 g/mol. The van der Waals surface area contributed by atoms with Crippen molar-refractivity contribution in [3.63, 3.8) is 0 Å². The summed E-state index contributed by atoms with van der Waals surface area (Å²) in [5, 5.41) is 3.44. The van der Waals surface area contributed by atoms with Gasteiger partial charge in [-0.2, -0.15) is 8.78 Å². The van der Waals surface area contributed by atoms with E-state index >= 15 is 0 Å². The number of benzene rings is 2. The van der Waals surface area contributed by atoms with Gasteiger partial charge in [-0.1, -0.05) is 23.7 Å². The Kier molecular flexibility index (Phi) is 7.06. The molecule has 0 aliphatic rings. The molecule has 4 nitrogen and oxygen atoms in total. The standard InChI is InChI=1S/C20H18ClF2N3OS/c21-16-5-7-17(8-6-16)28-13-14-1-3-15(4-2-14)19(27)25-10-9-18-24-11-12-26(18)20(22)23/h1-8,11-12,20H,9-10,13H2,(H,25,27). The molecule has 1 heterocycles. The van der Waals surface area contributed by atoms with Crippen LogP contribution in [0, 0.1) is 0 Å². The molecule has 3 aromatic rings. The van der Waals surface area contributed by atoms with Crippen molar-refractivity contribution >= 4 is 29.3 Å². The number of alkyl halides is 2. The maximum Gasteiger partial charge on any atom is 0.319 e. The molecule has 0 bridgehead atoms. The molecule has 0 atom stereocenters. The van der Waals surface area contributed by atoms with Gasteiger partial charge in [0.05, 0.1) is 0 Å². The van der Waals surface area contributed by atoms with Gasteiger partial charge in [-0.15, -0.1) is 11.8 Å². The molecule has 0 saturated carbocycles. The number of thioether (sulfide) groups is 1. The van der Waals surface area contributed by atoms with Crippen molar-refractivity contribution in [1.82, 2.24) is 14.9 Å². The predicted molar refractivity (Wildman–Crippen MR) is 107 cm³/mol. The van der Waals surface area contributed by atoms with Crippen molar-refractivity contribution in [2.75, 3.05) is 6.54 Å². The van der Waals surface area contributed by atoms with Gasteiger partial charge in [-0.25, -0.2) is 4.98 Å². The number of amides is 1. The number of imidazole rings is 1. The maximum atomic E-state index is 12.8. The fourth-order valence-electron chi connectivity index (χ4n) is 2.55. The lowest BCUT2D eigenvalue weighted by Gasteiger charge is -2.08. The quantitative estimate of drug-likeness (QED) is 0.509. The van der Waals surface area contributed by atoms with E-state index in [9.17, 15) is 13.6 Å². The van der Waals surface area contributed by atoms with Gasteiger partial charge in [0.25, 0.3) is 5.91 Å². The highest BCUT2D eigenvalue weighted by Gasteiger charge is 2.12. The third-order valence-electron chi connectivity index (χ3n) is 4.03. The summed E-state index contributed by atoms with van der Waals surface area (Å²) in [5.41, 5.74) is 1.62. The summed E-state index contributed by atoms with van der Waals surface area (Å²) in [5.74, 6) is 0.775. The van der Waals surface area contributed by atoms with Gasteiger partial charge in [-0.05, 0) is 42.0 Å². The first kappa shape index (κ1) is 20.4. The minimum atomic E-state index is -2.63. The molecule has 0 radical (unpaired) electrons. The highest BCUT2D eigenvalue weighted by atomic mass is 35.5. The number of carbonyl (C=O) groups excluding carboxylic acids is 1. The number of aromatic nitrogens is 2. The molecule has 1 aromatic heterocycles. The minimum Gasteiger partial charge on any atom is -0.352 e. The van der Waals surface area contributed by atoms with Crippen LogP contribution in [0.15, 0.2) is 65.8 Å². The smallest absolute Gasteiger partial charge is 0.319 e. The summed E-state index contributed by atoms with van der Waals surface area (Å²) in [6.45, 7) is -2.40. The van der Waals surface area contributed by atoms with Crippen LogP contribution in [0.5, 0.6) is 0 Å². The zero-order valence-electron chi connectivity index (χ0n) is 14.8. The zero-order chi connectivity index (χ0) is 19.9. The summed E-state index contributed by atoms with van der Waals surface area (Å²) in [6, 6.07) is 15.0. The van der Waals surface area contributed by atoms with E-state index in [1.807, 2.05) is 36.4 Å². The molecule has 0 unspecified atom stereocenters. The molecule has 28 heavy (non-hydrogen) atoms. The molecule has 0 aliphatic heterocycles. The normalized spacial score (nSPS) is 11.0. The van der Waals surface area contributed by atoms with Gasteiger partial charge in [0.1, 0.15) is 5.82 Å². The number of hydrogen-bond acceptors (Lipinski definition) is 3. The predicted octanol–water partition coefficient (Wildman–Crippen LogP) is 5.20. The number of nitrogens with one attached hydrogen (secondary N) is 1. The first-order valence-electron chi connectivity index (χ1n) is 8.58. The summed E-state index contributed by atoms with van der Waals surface area (Å²) in [7, 11) is 0. The van der Waals surface area contributed by atoms with Crippen molar-refractivity contribution in [2.45, 2.75) is 23.6 Å². The summed E-state index contributed by atoms with van der Waals surface area (Å²) in [6.07, 6.45) is 2.78. The molecule has 146 valence electrons. The first-order valence-corrected chi connectivity index (χ1v) is 9.94. The highest BCUT2D eigenvalue weighted by Crippen LogP contribution is 2.24. The summed E-state index contributed by atoms with van der Waals surface area (Å²) >= 11 is 7.56. The van der Waals surface area contributed by atoms with Crippen LogP contribution in [-0.2, 0) is 12.2 Å². The molecule has 3 rings (SSSR count). The van der Waals surface area contributed by atoms with Gasteiger partial charge in [0.15, 0.2) is 0 Å². The van der Waals surface area contributed by atoms with Gasteiger partial charge < -0.3 is 5.32 Å². The topological polar surface area (TPSA) is 46.9 Å². The van der Waals surface area contributed by atoms with E-state index < -0.39 is 6.55 Å². The lowest BCUT2D eigenvalue weighted by Crippen LogP contribution is -2.26. The van der Waals surface area contributed by atoms with Gasteiger partial charge in [-0.3, -0.25) is 9.36 Å². The maximum absolute atomic E-state index is 12.8. The Morgan fingerprint density at radius 2 is 1.86 bits per heavy atom. The van der Waals surface area contributed by atoms with Crippen LogP contribution in [0.3, 0.4) is 0 Å². The molecule has 8 heteroatoms. The van der Waals surface area contributed by atoms with Crippen molar-refractivity contribution in [3.05, 3.63) is 82.9 Å². The van der Waals surface area contributed by atoms with Crippen LogP contribution in [0.4, 0.5) is 8.78 Å². The van der Waals surface area contributed by atoms with Crippen molar-refractivity contribution in [1.29, 1.82) is 0 Å². The van der Waals surface area contributed by atoms with E-state index in [1.165, 1.54) is 12.4 Å². The van der Waals surface area contributed by atoms with Crippen LogP contribution >= 0.6 is 23.4 Å². The van der Waals surface area contributed by atoms with Crippen molar-refractivity contribution < 1.29 is 13.6 Å². The first-order chi connectivity index (χ1) is 13.5. The van der Waals surface area contributed by atoms with E-state index in [2.05, 4.69) is 10.3 Å². The van der Waals surface area contributed by atoms with Crippen LogP contribution < -0.4 is 5.32 Å². The van der Waals surface area contributed by atoms with Gasteiger partial charge in [0.2, 0.25) is 0 Å². The summed E-state index contributed by atoms with van der Waals surface area (Å²) in [4.78, 5) is 17.2. The molecule has 1 amide bonds. The molecule has 0 spiro atoms. The second-order valence-electron chi connectivity index (χ2n) is 5.97. The largest absolute Gasteiger partial charge is 0.352 e. The SMILES string of the molecule is O=C(NCCc1nccn1C(F)F)c1ccc(CSc2ccc(Cl)cc2)cc1. The molecule has 2 aromatic carbocycles. The van der Waals surface area contributed by atoms with E-state index in [0.29, 0.717) is 10.6 Å². The molecule has 0 aliphatic carbocycles. The average Bonchev–Trinajstić information content (AvgIpc) is 3.17. The Labute approximate surface area is 170 Å². The Morgan fingerprint density at radius 1 is 1.14 bits per heavy atom. The second-order valence-corrected chi connectivity index (χ2v) is 7.46. The number of rotatable bonds is 8. The summed E-state index contributed by atoms with van der Waals surface area (Å²) < 4.78 is 26.3. The Hall–Kier alpha value is -2.38. The third kappa shape index (κ3) is 5.56. The Bertz CT molecular complexity index is 914. The highest BCUT2D eigenvalue weighted by molar-refractivity contribution is 7.98. The van der Waals surface area contributed by atoms with E-state index in [-0.39, 0.29) is 24.7 Å². The van der Waals surface area contributed by atoms with Crippen LogP contribution in [-0.4, -0.2) is 22.0 Å². The van der Waals surface area contributed by atoms with Crippen LogP contribution in [0.25, 0.3) is 0 Å². The van der Waals surface area contributed by atoms with Crippen LogP contribution in [0.2, 0.25) is 5.02 Å². The minimum absolute atomic E-state index is 0.233. The number of nitrogens with zero attached hydrogens (tertiary/aromatic N) is 2. The fourth-order valence-corrected chi connectivity index (χ4v) is 3.54. The van der Waals surface area contributed by atoms with E-state index in [4.69, 9.17) is 11.6 Å². The number of halogens is 3. The lowest BCUT2D eigenvalue weighted by molar-refractivity contribution is 0.0670. The molecule has 1 N–H and O–H groups in total. The van der Waals surface area contributed by atoms with Gasteiger partial charge >= 0.3 is 6.55 Å². The number of hydrogen-bond donors (Lipinski definition) is 1. The lowest BCUT2D eigenvalue weighted by atomic mass is 10.1.